The van der Waals surface area contributed by atoms with Crippen molar-refractivity contribution in [3.8, 4) is 0 Å². The van der Waals surface area contributed by atoms with Gasteiger partial charge in [0.15, 0.2) is 0 Å². The Morgan fingerprint density at radius 1 is 0.590 bits per heavy atom. The first-order valence-electron chi connectivity index (χ1n) is 14.2. The average molecular weight is 545 g/mol. The van der Waals surface area contributed by atoms with Gasteiger partial charge >= 0.3 is 11.9 Å². The SMILES string of the molecule is CCCCc1ccc(C(=O)OOC(CCOCCCOCCC)OOC(=O)c2ccc(CCCC)cc2)cc1. The molecule has 0 heterocycles. The number of unbranched alkanes of at least 4 members (excludes halogenated alkanes) is 2. The van der Waals surface area contributed by atoms with Crippen molar-refractivity contribution < 1.29 is 38.6 Å². The van der Waals surface area contributed by atoms with E-state index in [0.29, 0.717) is 24.3 Å². The first-order chi connectivity index (χ1) is 19.1. The number of rotatable bonds is 21. The molecule has 0 N–H and O–H groups in total. The molecule has 0 unspecified atom stereocenters. The smallest absolute Gasteiger partial charge is 0.373 e. The maximum absolute atomic E-state index is 12.5. The molecule has 0 spiro atoms. The van der Waals surface area contributed by atoms with Gasteiger partial charge in [0.1, 0.15) is 0 Å². The van der Waals surface area contributed by atoms with E-state index in [1.165, 1.54) is 0 Å². The van der Waals surface area contributed by atoms with Crippen molar-refractivity contribution >= 4 is 11.9 Å². The Balaban J connectivity index is 1.86. The van der Waals surface area contributed by atoms with E-state index < -0.39 is 18.2 Å². The monoisotopic (exact) mass is 544 g/mol. The minimum atomic E-state index is -1.16. The molecular weight excluding hydrogens is 500 g/mol. The Morgan fingerprint density at radius 3 is 1.49 bits per heavy atom. The van der Waals surface area contributed by atoms with Crippen molar-refractivity contribution in [2.75, 3.05) is 26.4 Å². The molecule has 0 saturated carbocycles. The average Bonchev–Trinajstić information content (AvgIpc) is 2.97. The molecule has 39 heavy (non-hydrogen) atoms. The van der Waals surface area contributed by atoms with Crippen molar-refractivity contribution in [1.82, 2.24) is 0 Å². The first-order valence-corrected chi connectivity index (χ1v) is 14.2. The summed E-state index contributed by atoms with van der Waals surface area (Å²) in [4.78, 5) is 45.4. The Bertz CT molecular complexity index is 859. The second-order valence-electron chi connectivity index (χ2n) is 9.33. The molecule has 8 nitrogen and oxygen atoms in total. The van der Waals surface area contributed by atoms with Gasteiger partial charge < -0.3 is 9.47 Å². The maximum Gasteiger partial charge on any atom is 0.373 e. The zero-order valence-corrected chi connectivity index (χ0v) is 23.7. The number of hydrogen-bond acceptors (Lipinski definition) is 8. The largest absolute Gasteiger partial charge is 0.381 e. The van der Waals surface area contributed by atoms with E-state index in [-0.39, 0.29) is 13.0 Å². The highest BCUT2D eigenvalue weighted by atomic mass is 17.3. The molecule has 0 fully saturated rings. The summed E-state index contributed by atoms with van der Waals surface area (Å²) in [6, 6.07) is 14.4. The van der Waals surface area contributed by atoms with E-state index in [4.69, 9.17) is 29.0 Å². The zero-order chi connectivity index (χ0) is 28.1. The molecule has 0 radical (unpaired) electrons. The van der Waals surface area contributed by atoms with E-state index in [0.717, 1.165) is 69.1 Å². The van der Waals surface area contributed by atoms with Gasteiger partial charge in [-0.05, 0) is 73.9 Å². The summed E-state index contributed by atoms with van der Waals surface area (Å²) < 4.78 is 11.0. The summed E-state index contributed by atoms with van der Waals surface area (Å²) in [6.07, 6.45) is 7.01. The maximum atomic E-state index is 12.5. The molecule has 0 aliphatic carbocycles. The fraction of sp³-hybridized carbons (Fsp3) is 0.548. The van der Waals surface area contributed by atoms with Crippen molar-refractivity contribution in [3.05, 3.63) is 70.8 Å². The number of aryl methyl sites for hydroxylation is 2. The van der Waals surface area contributed by atoms with Gasteiger partial charge in [-0.25, -0.2) is 9.59 Å². The van der Waals surface area contributed by atoms with E-state index >= 15 is 0 Å². The number of benzene rings is 2. The van der Waals surface area contributed by atoms with Crippen LogP contribution in [0.5, 0.6) is 0 Å². The molecule has 2 rings (SSSR count). The highest BCUT2D eigenvalue weighted by molar-refractivity contribution is 5.89. The summed E-state index contributed by atoms with van der Waals surface area (Å²) in [5, 5.41) is 0. The lowest BCUT2D eigenvalue weighted by Gasteiger charge is -2.15. The normalized spacial score (nSPS) is 11.1. The van der Waals surface area contributed by atoms with Crippen LogP contribution in [-0.2, 0) is 41.9 Å². The molecular formula is C31H44O8. The van der Waals surface area contributed by atoms with Crippen LogP contribution in [0.25, 0.3) is 0 Å². The van der Waals surface area contributed by atoms with Gasteiger partial charge in [0, 0.05) is 26.2 Å². The van der Waals surface area contributed by atoms with Gasteiger partial charge in [-0.3, -0.25) is 9.78 Å². The molecule has 2 aromatic rings. The van der Waals surface area contributed by atoms with Crippen LogP contribution in [0.3, 0.4) is 0 Å². The quantitative estimate of drug-likeness (QED) is 0.0734. The van der Waals surface area contributed by atoms with Gasteiger partial charge in [0.25, 0.3) is 0 Å². The standard InChI is InChI=1S/C31H44O8/c1-4-7-10-25-12-16-27(17-13-25)30(32)38-36-29(20-24-35-23-9-22-34-21-6-3)37-39-31(33)28-18-14-26(15-19-28)11-8-5-2/h12-19,29H,4-11,20-24H2,1-3H3. The molecule has 2 aromatic carbocycles. The predicted molar refractivity (Wildman–Crippen MR) is 148 cm³/mol. The second-order valence-corrected chi connectivity index (χ2v) is 9.33. The topological polar surface area (TPSA) is 89.5 Å². The second kappa shape index (κ2) is 20.2. The van der Waals surface area contributed by atoms with Crippen LogP contribution in [0.15, 0.2) is 48.5 Å². The molecule has 0 amide bonds. The Morgan fingerprint density at radius 2 is 1.05 bits per heavy atom. The fourth-order valence-corrected chi connectivity index (χ4v) is 3.57. The van der Waals surface area contributed by atoms with Gasteiger partial charge in [-0.2, -0.15) is 0 Å². The highest BCUT2D eigenvalue weighted by Crippen LogP contribution is 2.13. The van der Waals surface area contributed by atoms with Crippen LogP contribution in [0.2, 0.25) is 0 Å². The third kappa shape index (κ3) is 13.7. The lowest BCUT2D eigenvalue weighted by molar-refractivity contribution is -0.422. The van der Waals surface area contributed by atoms with Crippen LogP contribution in [0, 0.1) is 0 Å². The Labute approximate surface area is 232 Å². The zero-order valence-electron chi connectivity index (χ0n) is 23.7. The van der Waals surface area contributed by atoms with Crippen molar-refractivity contribution in [2.24, 2.45) is 0 Å². The van der Waals surface area contributed by atoms with Crippen molar-refractivity contribution in [2.45, 2.75) is 84.8 Å². The van der Waals surface area contributed by atoms with E-state index in [2.05, 4.69) is 20.8 Å². The Kier molecular flexibility index (Phi) is 16.8. The summed E-state index contributed by atoms with van der Waals surface area (Å²) >= 11 is 0. The number of ether oxygens (including phenoxy) is 2. The molecule has 0 saturated heterocycles. The van der Waals surface area contributed by atoms with E-state index in [9.17, 15) is 9.59 Å². The first kappa shape index (κ1) is 32.4. The van der Waals surface area contributed by atoms with Gasteiger partial charge in [0.2, 0.25) is 6.29 Å². The molecule has 0 aromatic heterocycles. The van der Waals surface area contributed by atoms with Crippen molar-refractivity contribution in [1.29, 1.82) is 0 Å². The number of carbonyl (C=O) groups excluding carboxylic acids is 2. The Hall–Kier alpha value is -2.78. The molecule has 0 bridgehead atoms. The minimum Gasteiger partial charge on any atom is -0.381 e. The molecule has 216 valence electrons. The molecule has 0 aliphatic rings. The fourth-order valence-electron chi connectivity index (χ4n) is 3.57. The summed E-state index contributed by atoms with van der Waals surface area (Å²) in [6.45, 7) is 8.40. The van der Waals surface area contributed by atoms with Crippen LogP contribution >= 0.6 is 0 Å². The third-order valence-electron chi connectivity index (χ3n) is 5.90. The summed E-state index contributed by atoms with van der Waals surface area (Å²) in [5.41, 5.74) is 2.99. The van der Waals surface area contributed by atoms with Crippen LogP contribution in [-0.4, -0.2) is 44.7 Å². The lowest BCUT2D eigenvalue weighted by Crippen LogP contribution is -2.24. The summed E-state index contributed by atoms with van der Waals surface area (Å²) in [7, 11) is 0. The minimum absolute atomic E-state index is 0.169. The summed E-state index contributed by atoms with van der Waals surface area (Å²) in [5.74, 6) is -1.35. The number of hydrogen-bond donors (Lipinski definition) is 0. The van der Waals surface area contributed by atoms with Gasteiger partial charge in [-0.1, -0.05) is 57.9 Å². The molecule has 0 atom stereocenters. The molecule has 0 aliphatic heterocycles. The van der Waals surface area contributed by atoms with E-state index in [1.54, 1.807) is 24.3 Å². The van der Waals surface area contributed by atoms with Crippen LogP contribution < -0.4 is 0 Å². The third-order valence-corrected chi connectivity index (χ3v) is 5.90. The van der Waals surface area contributed by atoms with Crippen LogP contribution in [0.1, 0.15) is 97.6 Å². The highest BCUT2D eigenvalue weighted by Gasteiger charge is 2.20. The van der Waals surface area contributed by atoms with Gasteiger partial charge in [-0.15, -0.1) is 9.78 Å². The van der Waals surface area contributed by atoms with Crippen LogP contribution in [0.4, 0.5) is 0 Å². The number of carbonyl (C=O) groups is 2. The predicted octanol–water partition coefficient (Wildman–Crippen LogP) is 6.80. The molecule has 8 heteroatoms. The van der Waals surface area contributed by atoms with Gasteiger partial charge in [0.05, 0.1) is 17.7 Å². The lowest BCUT2D eigenvalue weighted by atomic mass is 10.1. The van der Waals surface area contributed by atoms with E-state index in [1.807, 2.05) is 24.3 Å². The van der Waals surface area contributed by atoms with Crippen molar-refractivity contribution in [3.63, 3.8) is 0 Å².